The van der Waals surface area contributed by atoms with E-state index in [0.29, 0.717) is 30.1 Å². The summed E-state index contributed by atoms with van der Waals surface area (Å²) in [4.78, 5) is 40.7. The van der Waals surface area contributed by atoms with Crippen molar-refractivity contribution in [3.05, 3.63) is 89.9 Å². The highest BCUT2D eigenvalue weighted by Crippen LogP contribution is 2.29. The zero-order valence-electron chi connectivity index (χ0n) is 31.1. The minimum atomic E-state index is -4.08. The van der Waals surface area contributed by atoms with Crippen LogP contribution in [-0.4, -0.2) is 110 Å². The van der Waals surface area contributed by atoms with Crippen LogP contribution < -0.4 is 5.32 Å². The van der Waals surface area contributed by atoms with E-state index in [1.807, 2.05) is 88.7 Å². The van der Waals surface area contributed by atoms with Crippen molar-refractivity contribution in [3.8, 4) is 0 Å². The van der Waals surface area contributed by atoms with Crippen LogP contribution in [0.15, 0.2) is 83.0 Å². The van der Waals surface area contributed by atoms with Crippen molar-refractivity contribution >= 4 is 39.3 Å². The van der Waals surface area contributed by atoms with E-state index in [1.54, 1.807) is 16.0 Å². The molecule has 53 heavy (non-hydrogen) atoms. The van der Waals surface area contributed by atoms with E-state index in [9.17, 15) is 23.1 Å². The van der Waals surface area contributed by atoms with Crippen molar-refractivity contribution in [3.63, 3.8) is 0 Å². The molecule has 15 heteroatoms. The number of aromatic nitrogens is 3. The molecule has 5 rings (SSSR count). The first-order valence-electron chi connectivity index (χ1n) is 17.7. The lowest BCUT2D eigenvalue weighted by Crippen LogP contribution is -2.59. The maximum Gasteiger partial charge on any atom is 0.321 e. The molecular formula is C38H50N8O6S. The number of carbonyl (C=O) groups is 2. The van der Waals surface area contributed by atoms with E-state index in [4.69, 9.17) is 5.21 Å². The Kier molecular flexibility index (Phi) is 12.2. The predicted molar refractivity (Wildman–Crippen MR) is 202 cm³/mol. The van der Waals surface area contributed by atoms with Gasteiger partial charge in [-0.05, 0) is 53.1 Å². The van der Waals surface area contributed by atoms with Crippen molar-refractivity contribution in [2.24, 2.45) is 23.5 Å². The largest absolute Gasteiger partial charge is 0.411 e. The molecule has 2 aromatic heterocycles. The minimum absolute atomic E-state index is 0.0175. The summed E-state index contributed by atoms with van der Waals surface area (Å²) in [5.74, 6) is 0.154. The number of imidazole rings is 1. The van der Waals surface area contributed by atoms with Gasteiger partial charge in [0.25, 0.3) is 0 Å². The number of aliphatic hydroxyl groups is 1. The van der Waals surface area contributed by atoms with Gasteiger partial charge in [0.05, 0.1) is 29.8 Å². The number of nitrogens with zero attached hydrogens (tertiary/aromatic N) is 7. The SMILES string of the molecule is CC(C)CN(C[C@@H](O)[C@H](Cc1ccccc1)NC(=O)[C@@H](N1CCN(Cc2nc3cccnc3n2C)C1=O)C(C)(C)C)S(=O)(=O)c1ccc(/C=N/O)cc1. The molecule has 1 aliphatic heterocycles. The molecule has 284 valence electrons. The third-order valence-corrected chi connectivity index (χ3v) is 11.2. The Balaban J connectivity index is 1.39. The van der Waals surface area contributed by atoms with Gasteiger partial charge in [-0.2, -0.15) is 4.31 Å². The molecular weight excluding hydrogens is 697 g/mol. The molecule has 0 bridgehead atoms. The highest BCUT2D eigenvalue weighted by Gasteiger charge is 2.44. The second-order valence-corrected chi connectivity index (χ2v) is 16.9. The molecule has 0 radical (unpaired) electrons. The molecule has 3 atom stereocenters. The van der Waals surface area contributed by atoms with E-state index in [2.05, 4.69) is 20.4 Å². The molecule has 3 heterocycles. The van der Waals surface area contributed by atoms with Gasteiger partial charge in [-0.1, -0.05) is 82.2 Å². The van der Waals surface area contributed by atoms with Crippen LogP contribution in [0, 0.1) is 11.3 Å². The molecule has 1 fully saturated rings. The minimum Gasteiger partial charge on any atom is -0.411 e. The number of pyridine rings is 1. The number of benzene rings is 2. The zero-order chi connectivity index (χ0) is 38.5. The monoisotopic (exact) mass is 746 g/mol. The number of aryl methyl sites for hydroxylation is 1. The summed E-state index contributed by atoms with van der Waals surface area (Å²) in [7, 11) is -2.22. The first-order chi connectivity index (χ1) is 25.1. The smallest absolute Gasteiger partial charge is 0.321 e. The molecule has 2 aromatic carbocycles. The number of sulfonamides is 1. The molecule has 1 aliphatic rings. The Morgan fingerprint density at radius 2 is 1.74 bits per heavy atom. The van der Waals surface area contributed by atoms with Crippen LogP contribution in [0.2, 0.25) is 0 Å². The summed E-state index contributed by atoms with van der Waals surface area (Å²) >= 11 is 0. The molecule has 0 saturated carbocycles. The fourth-order valence-electron chi connectivity index (χ4n) is 6.74. The number of urea groups is 1. The summed E-state index contributed by atoms with van der Waals surface area (Å²) in [5.41, 5.74) is 2.10. The fraction of sp³-hybridized carbons (Fsp3) is 0.447. The van der Waals surface area contributed by atoms with Gasteiger partial charge in [0.2, 0.25) is 15.9 Å². The molecule has 3 N–H and O–H groups in total. The van der Waals surface area contributed by atoms with Crippen LogP contribution in [0.3, 0.4) is 0 Å². The van der Waals surface area contributed by atoms with Crippen LogP contribution in [0.4, 0.5) is 4.79 Å². The Morgan fingerprint density at radius 3 is 2.36 bits per heavy atom. The Hall–Kier alpha value is -4.86. The van der Waals surface area contributed by atoms with Gasteiger partial charge in [-0.15, -0.1) is 0 Å². The highest BCUT2D eigenvalue weighted by molar-refractivity contribution is 7.89. The number of carbonyl (C=O) groups excluding carboxylic acids is 2. The van der Waals surface area contributed by atoms with Crippen LogP contribution in [0.5, 0.6) is 0 Å². The summed E-state index contributed by atoms with van der Waals surface area (Å²) in [6.07, 6.45) is 1.80. The van der Waals surface area contributed by atoms with E-state index < -0.39 is 39.5 Å². The number of hydrogen-bond acceptors (Lipinski definition) is 9. The molecule has 0 aliphatic carbocycles. The highest BCUT2D eigenvalue weighted by atomic mass is 32.2. The van der Waals surface area contributed by atoms with Gasteiger partial charge in [-0.25, -0.2) is 23.2 Å². The maximum absolute atomic E-state index is 14.4. The number of aliphatic hydroxyl groups excluding tert-OH is 1. The summed E-state index contributed by atoms with van der Waals surface area (Å²) in [6.45, 7) is 10.2. The molecule has 3 amide bonds. The van der Waals surface area contributed by atoms with Gasteiger partial charge < -0.3 is 30.0 Å². The van der Waals surface area contributed by atoms with Crippen LogP contribution in [0.1, 0.15) is 51.6 Å². The van der Waals surface area contributed by atoms with Crippen molar-refractivity contribution in [2.75, 3.05) is 26.2 Å². The summed E-state index contributed by atoms with van der Waals surface area (Å²) < 4.78 is 31.0. The third-order valence-electron chi connectivity index (χ3n) is 9.33. The molecule has 0 spiro atoms. The van der Waals surface area contributed by atoms with E-state index in [-0.39, 0.29) is 42.9 Å². The standard InChI is InChI=1S/C38H50N8O6S/c1-26(2)23-45(53(51,52)29-16-14-28(15-17-29)22-40-50)24-32(47)31(21-27-11-8-7-9-12-27)42-36(48)34(38(3,4)5)46-20-19-44(37(46)49)25-33-41-30-13-10-18-39-35(30)43(33)6/h7-18,22,26,31-32,34,47,50H,19-21,23-25H2,1-6H3,(H,42,48)/b40-22+/t31-,32+,34+/m0/s1. The van der Waals surface area contributed by atoms with Gasteiger partial charge >= 0.3 is 6.03 Å². The number of rotatable bonds is 15. The fourth-order valence-corrected chi connectivity index (χ4v) is 8.36. The molecule has 1 saturated heterocycles. The van der Waals surface area contributed by atoms with Gasteiger partial charge in [-0.3, -0.25) is 4.79 Å². The van der Waals surface area contributed by atoms with Crippen molar-refractivity contribution in [1.29, 1.82) is 0 Å². The second kappa shape index (κ2) is 16.4. The third kappa shape index (κ3) is 9.21. The number of amides is 3. The van der Waals surface area contributed by atoms with Gasteiger partial charge in [0.1, 0.15) is 17.4 Å². The topological polar surface area (TPSA) is 174 Å². The number of nitrogens with one attached hydrogen (secondary N) is 1. The lowest BCUT2D eigenvalue weighted by Gasteiger charge is -2.38. The van der Waals surface area contributed by atoms with Crippen LogP contribution >= 0.6 is 0 Å². The molecule has 4 aromatic rings. The van der Waals surface area contributed by atoms with E-state index in [0.717, 1.165) is 11.1 Å². The van der Waals surface area contributed by atoms with Crippen LogP contribution in [0.25, 0.3) is 11.2 Å². The zero-order valence-corrected chi connectivity index (χ0v) is 31.9. The summed E-state index contributed by atoms with van der Waals surface area (Å²) in [5, 5.41) is 26.8. The average Bonchev–Trinajstić information content (AvgIpc) is 3.62. The lowest BCUT2D eigenvalue weighted by molar-refractivity contribution is -0.130. The average molecular weight is 747 g/mol. The molecule has 0 unspecified atom stereocenters. The lowest BCUT2D eigenvalue weighted by atomic mass is 9.84. The normalized spacial score (nSPS) is 15.9. The Labute approximate surface area is 311 Å². The van der Waals surface area contributed by atoms with Gasteiger partial charge in [0.15, 0.2) is 5.65 Å². The Bertz CT molecular complexity index is 2010. The predicted octanol–water partition coefficient (Wildman–Crippen LogP) is 3.86. The second-order valence-electron chi connectivity index (χ2n) is 15.0. The van der Waals surface area contributed by atoms with Crippen molar-refractivity contribution < 1.29 is 28.3 Å². The summed E-state index contributed by atoms with van der Waals surface area (Å²) in [6, 6.07) is 16.8. The van der Waals surface area contributed by atoms with E-state index in [1.165, 1.54) is 34.8 Å². The van der Waals surface area contributed by atoms with Gasteiger partial charge in [0, 0.05) is 39.4 Å². The quantitative estimate of drug-likeness (QED) is 0.0935. The van der Waals surface area contributed by atoms with E-state index >= 15 is 0 Å². The van der Waals surface area contributed by atoms with Crippen LogP contribution in [-0.2, 0) is 34.8 Å². The number of oxime groups is 1. The Morgan fingerprint density at radius 1 is 1.04 bits per heavy atom. The maximum atomic E-state index is 14.4. The first kappa shape index (κ1) is 39.3. The number of hydrogen-bond donors (Lipinski definition) is 3. The molecule has 14 nitrogen and oxygen atoms in total. The van der Waals surface area contributed by atoms with Crippen molar-refractivity contribution in [2.45, 2.75) is 70.7 Å². The first-order valence-corrected chi connectivity index (χ1v) is 19.2. The van der Waals surface area contributed by atoms with Crippen molar-refractivity contribution in [1.82, 2.24) is 34.0 Å². The number of fused-ring (bicyclic) bond motifs is 1.